The first-order valence-electron chi connectivity index (χ1n) is 15.1. The van der Waals surface area contributed by atoms with E-state index < -0.39 is 23.3 Å². The Balaban J connectivity index is 1.67. The molecule has 0 radical (unpaired) electrons. The summed E-state index contributed by atoms with van der Waals surface area (Å²) in [5, 5.41) is 0.315. The Kier molecular flexibility index (Phi) is 8.94. The number of piperazine rings is 1. The molecule has 1 aromatic carbocycles. The lowest BCUT2D eigenvalue weighted by atomic mass is 9.95. The third kappa shape index (κ3) is 6.27. The maximum absolute atomic E-state index is 16.7. The zero-order chi connectivity index (χ0) is 32.8. The van der Waals surface area contributed by atoms with Crippen molar-refractivity contribution in [2.45, 2.75) is 71.8 Å². The molecule has 45 heavy (non-hydrogen) atoms. The van der Waals surface area contributed by atoms with Crippen molar-refractivity contribution in [3.05, 3.63) is 47.3 Å². The predicted molar refractivity (Wildman–Crippen MR) is 166 cm³/mol. The molecule has 242 valence electrons. The summed E-state index contributed by atoms with van der Waals surface area (Å²) < 4.78 is 65.7. The van der Waals surface area contributed by atoms with Crippen LogP contribution >= 0.6 is 0 Å². The molecule has 0 saturated carbocycles. The number of aryl methyl sites for hydroxylation is 2. The molecule has 0 aliphatic carbocycles. The van der Waals surface area contributed by atoms with E-state index in [0.717, 1.165) is 25.5 Å². The molecule has 2 N–H and O–H groups in total. The number of carbonyl (C=O) groups excluding carboxylic acids is 1. The molecule has 0 bridgehead atoms. The summed E-state index contributed by atoms with van der Waals surface area (Å²) in [6.45, 7) is 14.9. The lowest BCUT2D eigenvalue weighted by Gasteiger charge is -2.40. The molecule has 1 amide bonds. The van der Waals surface area contributed by atoms with Crippen LogP contribution in [0.4, 0.5) is 29.2 Å². The van der Waals surface area contributed by atoms with Crippen LogP contribution in [0.15, 0.2) is 24.8 Å². The van der Waals surface area contributed by atoms with E-state index in [-0.39, 0.29) is 58.6 Å². The molecule has 2 aliphatic heterocycles. The van der Waals surface area contributed by atoms with Crippen LogP contribution in [-0.2, 0) is 11.0 Å². The third-order valence-electron chi connectivity index (χ3n) is 8.72. The van der Waals surface area contributed by atoms with Crippen molar-refractivity contribution in [3.8, 4) is 17.3 Å². The molecule has 4 heterocycles. The minimum atomic E-state index is -4.80. The van der Waals surface area contributed by atoms with Gasteiger partial charge in [0.2, 0.25) is 5.91 Å². The highest BCUT2D eigenvalue weighted by Crippen LogP contribution is 2.43. The van der Waals surface area contributed by atoms with Crippen LogP contribution in [0.2, 0.25) is 0 Å². The van der Waals surface area contributed by atoms with E-state index in [2.05, 4.69) is 35.3 Å². The largest absolute Gasteiger partial charge is 0.462 e. The minimum Gasteiger partial charge on any atom is -0.462 e. The number of alkyl halides is 3. The van der Waals surface area contributed by atoms with Crippen molar-refractivity contribution in [2.75, 3.05) is 43.4 Å². The first kappa shape index (κ1) is 32.4. The normalized spacial score (nSPS) is 19.5. The zero-order valence-corrected chi connectivity index (χ0v) is 26.2. The predicted octanol–water partition coefficient (Wildman–Crippen LogP) is 5.52. The van der Waals surface area contributed by atoms with E-state index in [1.54, 1.807) is 11.0 Å². The number of carbonyl (C=O) groups is 1. The standard InChI is InChI=1S/C32H39F4N7O2/c1-7-24(44)41-11-12-43(20(6)15-41)30-22-13-18(4)25(29-26(32(34,35)36)19(5)14-23(37)38-29)27(33)28(22)39-31(40-30)45-16-21-9-8-10-42(21)17(2)3/h7,13-14,17,20-21H,1,8-12,15-16H2,2-6H3,(H2,37,38). The zero-order valence-electron chi connectivity index (χ0n) is 26.2. The second-order valence-electron chi connectivity index (χ2n) is 12.2. The lowest BCUT2D eigenvalue weighted by molar-refractivity contribution is -0.137. The molecule has 3 aromatic rings. The molecule has 2 fully saturated rings. The molecule has 2 aromatic heterocycles. The molecular weight excluding hydrogens is 590 g/mol. The highest BCUT2D eigenvalue weighted by atomic mass is 19.4. The Morgan fingerprint density at radius 2 is 1.89 bits per heavy atom. The summed E-state index contributed by atoms with van der Waals surface area (Å²) in [5.74, 6) is -0.948. The molecule has 13 heteroatoms. The number of pyridine rings is 1. The Morgan fingerprint density at radius 1 is 1.16 bits per heavy atom. The van der Waals surface area contributed by atoms with Gasteiger partial charge in [0.15, 0.2) is 5.82 Å². The fraction of sp³-hybridized carbons (Fsp3) is 0.500. The van der Waals surface area contributed by atoms with Gasteiger partial charge in [-0.05, 0) is 83.3 Å². The number of amides is 1. The van der Waals surface area contributed by atoms with E-state index in [0.29, 0.717) is 36.9 Å². The lowest BCUT2D eigenvalue weighted by Crippen LogP contribution is -2.53. The number of hydrogen-bond acceptors (Lipinski definition) is 8. The van der Waals surface area contributed by atoms with Crippen LogP contribution in [0.5, 0.6) is 6.01 Å². The van der Waals surface area contributed by atoms with Gasteiger partial charge in [0.1, 0.15) is 23.8 Å². The van der Waals surface area contributed by atoms with Crippen molar-refractivity contribution in [2.24, 2.45) is 0 Å². The number of hydrogen-bond donors (Lipinski definition) is 1. The smallest absolute Gasteiger partial charge is 0.418 e. The number of anilines is 2. The topological polar surface area (TPSA) is 101 Å². The average molecular weight is 630 g/mol. The SMILES string of the molecule is C=CC(=O)N1CCN(c2nc(OCC3CCCN3C(C)C)nc3c(F)c(-c4nc(N)cc(C)c4C(F)(F)F)c(C)cc23)C(C)C1. The Hall–Kier alpha value is -4.00. The number of likely N-dealkylation sites (tertiary alicyclic amines) is 1. The van der Waals surface area contributed by atoms with Gasteiger partial charge in [0, 0.05) is 48.7 Å². The summed E-state index contributed by atoms with van der Waals surface area (Å²) in [7, 11) is 0. The van der Waals surface area contributed by atoms with Crippen molar-refractivity contribution < 1.29 is 27.1 Å². The van der Waals surface area contributed by atoms with Gasteiger partial charge in [-0.15, -0.1) is 0 Å². The van der Waals surface area contributed by atoms with Gasteiger partial charge in [0.05, 0.1) is 11.3 Å². The van der Waals surface area contributed by atoms with Gasteiger partial charge in [0.25, 0.3) is 0 Å². The van der Waals surface area contributed by atoms with Crippen LogP contribution in [0, 0.1) is 19.7 Å². The average Bonchev–Trinajstić information content (AvgIpc) is 3.44. The number of fused-ring (bicyclic) bond motifs is 1. The molecule has 9 nitrogen and oxygen atoms in total. The fourth-order valence-electron chi connectivity index (χ4n) is 6.62. The summed E-state index contributed by atoms with van der Waals surface area (Å²) in [4.78, 5) is 31.4. The van der Waals surface area contributed by atoms with Gasteiger partial charge in [-0.3, -0.25) is 9.69 Å². The Bertz CT molecular complexity index is 1630. The number of nitrogen functional groups attached to an aromatic ring is 1. The number of nitrogens with zero attached hydrogens (tertiary/aromatic N) is 6. The van der Waals surface area contributed by atoms with Crippen molar-refractivity contribution in [1.82, 2.24) is 24.8 Å². The van der Waals surface area contributed by atoms with Crippen molar-refractivity contribution in [1.29, 1.82) is 0 Å². The summed E-state index contributed by atoms with van der Waals surface area (Å²) in [5.41, 5.74) is 3.74. The first-order valence-corrected chi connectivity index (χ1v) is 15.1. The van der Waals surface area contributed by atoms with Crippen LogP contribution in [-0.4, -0.2) is 81.6 Å². The fourth-order valence-corrected chi connectivity index (χ4v) is 6.62. The number of halogens is 4. The Labute approximate surface area is 260 Å². The van der Waals surface area contributed by atoms with Gasteiger partial charge in [-0.2, -0.15) is 23.1 Å². The van der Waals surface area contributed by atoms with Crippen LogP contribution in [0.3, 0.4) is 0 Å². The van der Waals surface area contributed by atoms with E-state index in [9.17, 15) is 18.0 Å². The Morgan fingerprint density at radius 3 is 2.53 bits per heavy atom. The van der Waals surface area contributed by atoms with Crippen molar-refractivity contribution >= 4 is 28.4 Å². The van der Waals surface area contributed by atoms with Crippen LogP contribution < -0.4 is 15.4 Å². The quantitative estimate of drug-likeness (QED) is 0.269. The van der Waals surface area contributed by atoms with Gasteiger partial charge >= 0.3 is 12.2 Å². The molecule has 2 aliphatic rings. The number of aromatic nitrogens is 3. The van der Waals surface area contributed by atoms with E-state index in [4.69, 9.17) is 15.5 Å². The van der Waals surface area contributed by atoms with E-state index >= 15 is 4.39 Å². The first-order chi connectivity index (χ1) is 21.2. The van der Waals surface area contributed by atoms with Gasteiger partial charge in [-0.1, -0.05) is 6.58 Å². The second-order valence-corrected chi connectivity index (χ2v) is 12.2. The van der Waals surface area contributed by atoms with E-state index in [1.807, 2.05) is 11.8 Å². The van der Waals surface area contributed by atoms with Crippen molar-refractivity contribution in [3.63, 3.8) is 0 Å². The second kappa shape index (κ2) is 12.4. The highest BCUT2D eigenvalue weighted by molar-refractivity contribution is 5.95. The highest BCUT2D eigenvalue weighted by Gasteiger charge is 2.39. The molecule has 2 atom stereocenters. The van der Waals surface area contributed by atoms with Gasteiger partial charge in [-0.25, -0.2) is 9.37 Å². The maximum Gasteiger partial charge on any atom is 0.418 e. The monoisotopic (exact) mass is 629 g/mol. The summed E-state index contributed by atoms with van der Waals surface area (Å²) >= 11 is 0. The third-order valence-corrected chi connectivity index (χ3v) is 8.72. The number of benzene rings is 1. The molecule has 2 saturated heterocycles. The number of nitrogens with two attached hydrogens (primary N) is 1. The van der Waals surface area contributed by atoms with E-state index in [1.165, 1.54) is 19.9 Å². The molecule has 0 spiro atoms. The molecule has 2 unspecified atom stereocenters. The summed E-state index contributed by atoms with van der Waals surface area (Å²) in [6.07, 6.45) is -1.60. The molecule has 5 rings (SSSR count). The van der Waals surface area contributed by atoms with Crippen LogP contribution in [0.1, 0.15) is 50.3 Å². The van der Waals surface area contributed by atoms with Gasteiger partial charge < -0.3 is 20.3 Å². The minimum absolute atomic E-state index is 0.0774. The van der Waals surface area contributed by atoms with Crippen LogP contribution in [0.25, 0.3) is 22.2 Å². The maximum atomic E-state index is 16.7. The number of ether oxygens (including phenoxy) is 1. The number of rotatable bonds is 7. The summed E-state index contributed by atoms with van der Waals surface area (Å²) in [6, 6.07) is 2.83. The molecular formula is C32H39F4N7O2.